The van der Waals surface area contributed by atoms with Gasteiger partial charge in [-0.25, -0.2) is 0 Å². The van der Waals surface area contributed by atoms with E-state index in [0.717, 1.165) is 29.9 Å². The lowest BCUT2D eigenvalue weighted by Gasteiger charge is -2.26. The fourth-order valence-corrected chi connectivity index (χ4v) is 2.85. The van der Waals surface area contributed by atoms with Crippen molar-refractivity contribution in [3.63, 3.8) is 0 Å². The molecule has 3 heteroatoms. The summed E-state index contributed by atoms with van der Waals surface area (Å²) in [7, 11) is 0. The number of hydrogen-bond donors (Lipinski definition) is 1. The van der Waals surface area contributed by atoms with Crippen LogP contribution in [0.3, 0.4) is 0 Å². The molecule has 1 saturated heterocycles. The van der Waals surface area contributed by atoms with Crippen LogP contribution in [0.15, 0.2) is 22.7 Å². The number of nitrogens with one attached hydrogen (secondary N) is 1. The van der Waals surface area contributed by atoms with Gasteiger partial charge in [0, 0.05) is 22.5 Å². The van der Waals surface area contributed by atoms with Gasteiger partial charge in [0.2, 0.25) is 0 Å². The zero-order valence-electron chi connectivity index (χ0n) is 12.1. The second-order valence-corrected chi connectivity index (χ2v) is 7.33. The van der Waals surface area contributed by atoms with Crippen molar-refractivity contribution < 1.29 is 4.74 Å². The Hall–Kier alpha value is -0.540. The molecule has 0 saturated carbocycles. The third-order valence-electron chi connectivity index (χ3n) is 3.62. The quantitative estimate of drug-likeness (QED) is 0.902. The van der Waals surface area contributed by atoms with Crippen LogP contribution in [0, 0.1) is 5.92 Å². The summed E-state index contributed by atoms with van der Waals surface area (Å²) in [6.45, 7) is 9.73. The maximum atomic E-state index is 6.10. The summed E-state index contributed by atoms with van der Waals surface area (Å²) in [5, 5.41) is 3.44. The number of halogens is 1. The molecule has 2 rings (SSSR count). The molecule has 0 amide bonds. The van der Waals surface area contributed by atoms with E-state index >= 15 is 0 Å². The molecule has 2 nitrogen and oxygen atoms in total. The van der Waals surface area contributed by atoms with Crippen molar-refractivity contribution >= 4 is 15.9 Å². The molecule has 0 aliphatic carbocycles. The van der Waals surface area contributed by atoms with Crippen LogP contribution < -0.4 is 10.1 Å². The van der Waals surface area contributed by atoms with E-state index in [9.17, 15) is 0 Å². The molecule has 1 heterocycles. The number of hydrogen-bond acceptors (Lipinski definition) is 2. The number of benzene rings is 1. The first kappa shape index (κ1) is 14.9. The topological polar surface area (TPSA) is 21.3 Å². The SMILES string of the molecule is CC(C)(C)c1cc(Br)ccc1OCC1CCCNC1. The van der Waals surface area contributed by atoms with Gasteiger partial charge in [0.25, 0.3) is 0 Å². The van der Waals surface area contributed by atoms with E-state index in [2.05, 4.69) is 60.2 Å². The van der Waals surface area contributed by atoms with Crippen LogP contribution >= 0.6 is 15.9 Å². The Morgan fingerprint density at radius 1 is 1.37 bits per heavy atom. The predicted molar refractivity (Wildman–Crippen MR) is 83.9 cm³/mol. The van der Waals surface area contributed by atoms with Gasteiger partial charge in [0.05, 0.1) is 6.61 Å². The first-order valence-electron chi connectivity index (χ1n) is 7.10. The molecule has 1 aromatic carbocycles. The highest BCUT2D eigenvalue weighted by Crippen LogP contribution is 2.34. The van der Waals surface area contributed by atoms with E-state index in [1.165, 1.54) is 18.4 Å². The first-order chi connectivity index (χ1) is 8.97. The minimum absolute atomic E-state index is 0.101. The van der Waals surface area contributed by atoms with Gasteiger partial charge < -0.3 is 10.1 Å². The molecule has 1 fully saturated rings. The Balaban J connectivity index is 2.06. The summed E-state index contributed by atoms with van der Waals surface area (Å²) < 4.78 is 7.21. The van der Waals surface area contributed by atoms with Crippen LogP contribution in [-0.4, -0.2) is 19.7 Å². The smallest absolute Gasteiger partial charge is 0.123 e. The average molecular weight is 326 g/mol. The van der Waals surface area contributed by atoms with Crippen molar-refractivity contribution in [2.75, 3.05) is 19.7 Å². The minimum Gasteiger partial charge on any atom is -0.493 e. The highest BCUT2D eigenvalue weighted by molar-refractivity contribution is 9.10. The fraction of sp³-hybridized carbons (Fsp3) is 0.625. The van der Waals surface area contributed by atoms with Gasteiger partial charge in [-0.15, -0.1) is 0 Å². The predicted octanol–water partition coefficient (Wildman–Crippen LogP) is 4.13. The van der Waals surface area contributed by atoms with Crippen LogP contribution in [0.25, 0.3) is 0 Å². The van der Waals surface area contributed by atoms with Crippen LogP contribution in [0.1, 0.15) is 39.2 Å². The Labute approximate surface area is 125 Å². The summed E-state index contributed by atoms with van der Waals surface area (Å²) in [6, 6.07) is 6.32. The van der Waals surface area contributed by atoms with Crippen molar-refractivity contribution in [1.29, 1.82) is 0 Å². The largest absolute Gasteiger partial charge is 0.493 e. The maximum Gasteiger partial charge on any atom is 0.123 e. The molecule has 1 aliphatic heterocycles. The van der Waals surface area contributed by atoms with Crippen LogP contribution in [0.4, 0.5) is 0 Å². The lowest BCUT2D eigenvalue weighted by Crippen LogP contribution is -2.33. The Bertz CT molecular complexity index is 419. The van der Waals surface area contributed by atoms with Gasteiger partial charge in [0.1, 0.15) is 5.75 Å². The third kappa shape index (κ3) is 4.22. The van der Waals surface area contributed by atoms with Gasteiger partial charge in [-0.05, 0) is 43.0 Å². The second-order valence-electron chi connectivity index (χ2n) is 6.41. The van der Waals surface area contributed by atoms with Crippen molar-refractivity contribution in [3.8, 4) is 5.75 Å². The molecule has 1 atom stereocenters. The van der Waals surface area contributed by atoms with Crippen molar-refractivity contribution in [2.24, 2.45) is 5.92 Å². The number of rotatable bonds is 3. The van der Waals surface area contributed by atoms with Crippen molar-refractivity contribution in [1.82, 2.24) is 5.32 Å². The second kappa shape index (κ2) is 6.27. The van der Waals surface area contributed by atoms with Gasteiger partial charge in [-0.3, -0.25) is 0 Å². The molecule has 1 N–H and O–H groups in total. The fourth-order valence-electron chi connectivity index (χ4n) is 2.49. The van der Waals surface area contributed by atoms with E-state index in [4.69, 9.17) is 4.74 Å². The molecule has 0 spiro atoms. The summed E-state index contributed by atoms with van der Waals surface area (Å²) in [4.78, 5) is 0. The lowest BCUT2D eigenvalue weighted by molar-refractivity contribution is 0.215. The zero-order chi connectivity index (χ0) is 13.9. The summed E-state index contributed by atoms with van der Waals surface area (Å²) in [5.41, 5.74) is 1.37. The third-order valence-corrected chi connectivity index (χ3v) is 4.12. The molecule has 1 aromatic rings. The van der Waals surface area contributed by atoms with Gasteiger partial charge in [-0.2, -0.15) is 0 Å². The van der Waals surface area contributed by atoms with Gasteiger partial charge in [-0.1, -0.05) is 36.7 Å². The van der Waals surface area contributed by atoms with Crippen LogP contribution in [-0.2, 0) is 5.41 Å². The Kier molecular flexibility index (Phi) is 4.91. The molecule has 1 unspecified atom stereocenters. The van der Waals surface area contributed by atoms with Crippen molar-refractivity contribution in [2.45, 2.75) is 39.0 Å². The molecule has 106 valence electrons. The minimum atomic E-state index is 0.101. The van der Waals surface area contributed by atoms with Gasteiger partial charge in [0.15, 0.2) is 0 Å². The van der Waals surface area contributed by atoms with E-state index in [1.807, 2.05) is 0 Å². The molecule has 0 radical (unpaired) electrons. The normalized spacial score (nSPS) is 20.3. The molecule has 0 bridgehead atoms. The summed E-state index contributed by atoms with van der Waals surface area (Å²) >= 11 is 3.55. The molecule has 1 aliphatic rings. The number of ether oxygens (including phenoxy) is 1. The van der Waals surface area contributed by atoms with Crippen molar-refractivity contribution in [3.05, 3.63) is 28.2 Å². The van der Waals surface area contributed by atoms with E-state index in [1.54, 1.807) is 0 Å². The van der Waals surface area contributed by atoms with Crippen LogP contribution in [0.2, 0.25) is 0 Å². The Morgan fingerprint density at radius 2 is 2.16 bits per heavy atom. The summed E-state index contributed by atoms with van der Waals surface area (Å²) in [6.07, 6.45) is 2.54. The molecular weight excluding hydrogens is 302 g/mol. The molecular formula is C16H24BrNO. The molecule has 19 heavy (non-hydrogen) atoms. The van der Waals surface area contributed by atoms with Gasteiger partial charge >= 0.3 is 0 Å². The number of piperidine rings is 1. The van der Waals surface area contributed by atoms with E-state index in [0.29, 0.717) is 5.92 Å². The Morgan fingerprint density at radius 3 is 2.79 bits per heavy atom. The highest BCUT2D eigenvalue weighted by Gasteiger charge is 2.20. The molecule has 0 aromatic heterocycles. The monoisotopic (exact) mass is 325 g/mol. The maximum absolute atomic E-state index is 6.10. The highest BCUT2D eigenvalue weighted by atomic mass is 79.9. The summed E-state index contributed by atoms with van der Waals surface area (Å²) in [5.74, 6) is 1.67. The van der Waals surface area contributed by atoms with E-state index < -0.39 is 0 Å². The zero-order valence-corrected chi connectivity index (χ0v) is 13.7. The van der Waals surface area contributed by atoms with Crippen LogP contribution in [0.5, 0.6) is 5.75 Å². The first-order valence-corrected chi connectivity index (χ1v) is 7.89. The van der Waals surface area contributed by atoms with E-state index in [-0.39, 0.29) is 5.41 Å². The lowest BCUT2D eigenvalue weighted by atomic mass is 9.86. The standard InChI is InChI=1S/C16H24BrNO/c1-16(2,3)14-9-13(17)6-7-15(14)19-11-12-5-4-8-18-10-12/h6-7,9,12,18H,4-5,8,10-11H2,1-3H3. The average Bonchev–Trinajstić information content (AvgIpc) is 2.37.